The van der Waals surface area contributed by atoms with Crippen molar-refractivity contribution in [3.05, 3.63) is 18.3 Å². The molecule has 1 unspecified atom stereocenters. The summed E-state index contributed by atoms with van der Waals surface area (Å²) in [5.74, 6) is 0.102. The average Bonchev–Trinajstić information content (AvgIpc) is 2.44. The SMILES string of the molecule is CCCNc1cccnc1S(=O)(=O)NCC(C)COC. The number of aromatic nitrogens is 1. The first-order valence-corrected chi connectivity index (χ1v) is 8.17. The number of pyridine rings is 1. The average molecular weight is 301 g/mol. The van der Waals surface area contributed by atoms with Gasteiger partial charge in [-0.15, -0.1) is 0 Å². The third-order valence-corrected chi connectivity index (χ3v) is 4.05. The number of methoxy groups -OCH3 is 1. The fourth-order valence-corrected chi connectivity index (χ4v) is 2.93. The van der Waals surface area contributed by atoms with Gasteiger partial charge < -0.3 is 10.1 Å². The Morgan fingerprint density at radius 1 is 1.45 bits per heavy atom. The molecule has 20 heavy (non-hydrogen) atoms. The molecule has 0 saturated carbocycles. The van der Waals surface area contributed by atoms with Crippen molar-refractivity contribution in [1.29, 1.82) is 0 Å². The van der Waals surface area contributed by atoms with Crippen molar-refractivity contribution in [3.8, 4) is 0 Å². The Kier molecular flexibility index (Phi) is 6.90. The molecule has 0 spiro atoms. The van der Waals surface area contributed by atoms with Crippen LogP contribution in [-0.4, -0.2) is 40.2 Å². The second kappa shape index (κ2) is 8.18. The van der Waals surface area contributed by atoms with Crippen LogP contribution >= 0.6 is 0 Å². The first-order valence-electron chi connectivity index (χ1n) is 6.68. The van der Waals surface area contributed by atoms with E-state index in [4.69, 9.17) is 4.74 Å². The maximum Gasteiger partial charge on any atom is 0.260 e. The molecule has 0 aliphatic carbocycles. The van der Waals surface area contributed by atoms with Gasteiger partial charge in [-0.1, -0.05) is 13.8 Å². The number of hydrogen-bond acceptors (Lipinski definition) is 5. The summed E-state index contributed by atoms with van der Waals surface area (Å²) in [6.45, 7) is 5.46. The van der Waals surface area contributed by atoms with Crippen molar-refractivity contribution in [1.82, 2.24) is 9.71 Å². The van der Waals surface area contributed by atoms with Gasteiger partial charge in [0.2, 0.25) is 0 Å². The monoisotopic (exact) mass is 301 g/mol. The maximum absolute atomic E-state index is 12.3. The Morgan fingerprint density at radius 3 is 2.85 bits per heavy atom. The van der Waals surface area contributed by atoms with Gasteiger partial charge in [-0.25, -0.2) is 18.1 Å². The lowest BCUT2D eigenvalue weighted by molar-refractivity contribution is 0.161. The molecule has 1 heterocycles. The van der Waals surface area contributed by atoms with Crippen LogP contribution in [-0.2, 0) is 14.8 Å². The molecule has 2 N–H and O–H groups in total. The lowest BCUT2D eigenvalue weighted by atomic mass is 10.2. The maximum atomic E-state index is 12.3. The minimum atomic E-state index is -3.61. The van der Waals surface area contributed by atoms with E-state index in [1.54, 1.807) is 19.2 Å². The molecule has 0 aliphatic rings. The molecule has 1 aromatic heterocycles. The molecule has 0 saturated heterocycles. The van der Waals surface area contributed by atoms with Crippen molar-refractivity contribution in [2.75, 3.05) is 32.1 Å². The zero-order valence-electron chi connectivity index (χ0n) is 12.2. The van der Waals surface area contributed by atoms with E-state index in [0.717, 1.165) is 6.42 Å². The van der Waals surface area contributed by atoms with E-state index in [2.05, 4.69) is 15.0 Å². The molecule has 0 radical (unpaired) electrons. The normalized spacial score (nSPS) is 13.2. The first kappa shape index (κ1) is 16.9. The smallest absolute Gasteiger partial charge is 0.260 e. The zero-order chi connectivity index (χ0) is 15.0. The quantitative estimate of drug-likeness (QED) is 0.722. The van der Waals surface area contributed by atoms with E-state index >= 15 is 0 Å². The Balaban J connectivity index is 2.81. The Hall–Kier alpha value is -1.18. The van der Waals surface area contributed by atoms with Crippen LogP contribution in [0, 0.1) is 5.92 Å². The molecular weight excluding hydrogens is 278 g/mol. The predicted octanol–water partition coefficient (Wildman–Crippen LogP) is 1.46. The fraction of sp³-hybridized carbons (Fsp3) is 0.615. The highest BCUT2D eigenvalue weighted by Gasteiger charge is 2.20. The van der Waals surface area contributed by atoms with Crippen LogP contribution in [0.15, 0.2) is 23.4 Å². The van der Waals surface area contributed by atoms with E-state index in [0.29, 0.717) is 25.4 Å². The molecular formula is C13H23N3O3S. The molecule has 1 rings (SSSR count). The minimum absolute atomic E-state index is 0.0399. The molecule has 0 amide bonds. The second-order valence-electron chi connectivity index (χ2n) is 4.70. The molecule has 114 valence electrons. The van der Waals surface area contributed by atoms with Crippen LogP contribution in [0.3, 0.4) is 0 Å². The van der Waals surface area contributed by atoms with E-state index in [1.165, 1.54) is 6.20 Å². The Bertz CT molecular complexity index is 505. The van der Waals surface area contributed by atoms with E-state index in [1.807, 2.05) is 13.8 Å². The summed E-state index contributed by atoms with van der Waals surface area (Å²) < 4.78 is 32.1. The van der Waals surface area contributed by atoms with Crippen LogP contribution in [0.5, 0.6) is 0 Å². The largest absolute Gasteiger partial charge is 0.384 e. The van der Waals surface area contributed by atoms with Gasteiger partial charge in [-0.05, 0) is 24.5 Å². The van der Waals surface area contributed by atoms with Crippen molar-refractivity contribution in [2.24, 2.45) is 5.92 Å². The molecule has 0 aliphatic heterocycles. The minimum Gasteiger partial charge on any atom is -0.384 e. The summed E-state index contributed by atoms with van der Waals surface area (Å²) in [6, 6.07) is 3.43. The second-order valence-corrected chi connectivity index (χ2v) is 6.38. The third kappa shape index (κ3) is 5.07. The number of ether oxygens (including phenoxy) is 1. The molecule has 1 aromatic rings. The topological polar surface area (TPSA) is 80.3 Å². The van der Waals surface area contributed by atoms with Gasteiger partial charge in [0.1, 0.15) is 0 Å². The molecule has 0 fully saturated rings. The van der Waals surface area contributed by atoms with Gasteiger partial charge in [0, 0.05) is 33.0 Å². The number of nitrogens with zero attached hydrogens (tertiary/aromatic N) is 1. The van der Waals surface area contributed by atoms with Crippen LogP contribution in [0.25, 0.3) is 0 Å². The first-order chi connectivity index (χ1) is 9.51. The molecule has 0 bridgehead atoms. The molecule has 7 heteroatoms. The molecule has 6 nitrogen and oxygen atoms in total. The van der Waals surface area contributed by atoms with Gasteiger partial charge in [0.05, 0.1) is 5.69 Å². The van der Waals surface area contributed by atoms with Crippen molar-refractivity contribution < 1.29 is 13.2 Å². The van der Waals surface area contributed by atoms with E-state index in [9.17, 15) is 8.42 Å². The lowest BCUT2D eigenvalue weighted by Crippen LogP contribution is -2.31. The molecule has 1 atom stereocenters. The van der Waals surface area contributed by atoms with E-state index in [-0.39, 0.29) is 10.9 Å². The number of rotatable bonds is 9. The highest BCUT2D eigenvalue weighted by Crippen LogP contribution is 2.17. The van der Waals surface area contributed by atoms with Crippen molar-refractivity contribution in [3.63, 3.8) is 0 Å². The summed E-state index contributed by atoms with van der Waals surface area (Å²) in [7, 11) is -2.02. The third-order valence-electron chi connectivity index (χ3n) is 2.66. The summed E-state index contributed by atoms with van der Waals surface area (Å²) in [6.07, 6.45) is 2.39. The van der Waals surface area contributed by atoms with Gasteiger partial charge >= 0.3 is 0 Å². The zero-order valence-corrected chi connectivity index (χ0v) is 13.0. The summed E-state index contributed by atoms with van der Waals surface area (Å²) in [4.78, 5) is 3.98. The van der Waals surface area contributed by atoms with Gasteiger partial charge in [0.15, 0.2) is 5.03 Å². The highest BCUT2D eigenvalue weighted by molar-refractivity contribution is 7.89. The lowest BCUT2D eigenvalue weighted by Gasteiger charge is -2.14. The number of hydrogen-bond donors (Lipinski definition) is 2. The number of sulfonamides is 1. The Morgan fingerprint density at radius 2 is 2.20 bits per heavy atom. The van der Waals surface area contributed by atoms with Gasteiger partial charge in [-0.2, -0.15) is 0 Å². The standard InChI is InChI=1S/C13H23N3O3S/c1-4-7-14-12-6-5-8-15-13(12)20(17,18)16-9-11(2)10-19-3/h5-6,8,11,14,16H,4,7,9-10H2,1-3H3. The fourth-order valence-electron chi connectivity index (χ4n) is 1.66. The van der Waals surface area contributed by atoms with Crippen LogP contribution in [0.2, 0.25) is 0 Å². The van der Waals surface area contributed by atoms with Crippen LogP contribution < -0.4 is 10.0 Å². The number of anilines is 1. The number of nitrogens with one attached hydrogen (secondary N) is 2. The predicted molar refractivity (Wildman–Crippen MR) is 79.2 cm³/mol. The van der Waals surface area contributed by atoms with Crippen LogP contribution in [0.1, 0.15) is 20.3 Å². The molecule has 0 aromatic carbocycles. The highest BCUT2D eigenvalue weighted by atomic mass is 32.2. The summed E-state index contributed by atoms with van der Waals surface area (Å²) >= 11 is 0. The van der Waals surface area contributed by atoms with Gasteiger partial charge in [-0.3, -0.25) is 0 Å². The van der Waals surface area contributed by atoms with Crippen LogP contribution in [0.4, 0.5) is 5.69 Å². The van der Waals surface area contributed by atoms with E-state index < -0.39 is 10.0 Å². The summed E-state index contributed by atoms with van der Waals surface area (Å²) in [5, 5.41) is 3.12. The van der Waals surface area contributed by atoms with Gasteiger partial charge in [0.25, 0.3) is 10.0 Å². The Labute approximate surface area is 121 Å². The summed E-state index contributed by atoms with van der Waals surface area (Å²) in [5.41, 5.74) is 0.529. The van der Waals surface area contributed by atoms with Crippen molar-refractivity contribution >= 4 is 15.7 Å². The van der Waals surface area contributed by atoms with Crippen molar-refractivity contribution in [2.45, 2.75) is 25.3 Å².